The zero-order chi connectivity index (χ0) is 24.0. The fourth-order valence-corrected chi connectivity index (χ4v) is 6.14. The molecule has 1 atom stereocenters. The topological polar surface area (TPSA) is 103 Å². The Morgan fingerprint density at radius 1 is 1.06 bits per heavy atom. The number of ether oxygens (including phenoxy) is 1. The van der Waals surface area contributed by atoms with Gasteiger partial charge in [0.05, 0.1) is 23.2 Å². The van der Waals surface area contributed by atoms with Crippen LogP contribution in [0.4, 0.5) is 0 Å². The van der Waals surface area contributed by atoms with Crippen LogP contribution in [0.3, 0.4) is 0 Å². The van der Waals surface area contributed by atoms with Gasteiger partial charge < -0.3 is 10.1 Å². The number of hydrogen-bond acceptors (Lipinski definition) is 6. The summed E-state index contributed by atoms with van der Waals surface area (Å²) in [6, 6.07) is 18.5. The van der Waals surface area contributed by atoms with E-state index >= 15 is 0 Å². The first-order valence-electron chi connectivity index (χ1n) is 11.6. The minimum atomic E-state index is -3.76. The Morgan fingerprint density at radius 2 is 1.76 bits per heavy atom. The Kier molecular flexibility index (Phi) is 7.95. The van der Waals surface area contributed by atoms with Crippen molar-refractivity contribution in [3.63, 3.8) is 0 Å². The summed E-state index contributed by atoms with van der Waals surface area (Å²) in [5.41, 5.74) is 1.39. The molecule has 1 amide bonds. The number of nitriles is 1. The maximum Gasteiger partial charge on any atom is 0.244 e. The minimum absolute atomic E-state index is 0.0231. The number of hydrogen-bond donors (Lipinski definition) is 1. The number of carbonyl (C=O) groups is 1. The predicted molar refractivity (Wildman–Crippen MR) is 127 cm³/mol. The molecule has 0 radical (unpaired) electrons. The molecule has 2 saturated heterocycles. The zero-order valence-corrected chi connectivity index (χ0v) is 19.9. The van der Waals surface area contributed by atoms with Gasteiger partial charge in [0.2, 0.25) is 15.9 Å². The van der Waals surface area contributed by atoms with E-state index in [4.69, 9.17) is 4.74 Å². The zero-order valence-electron chi connectivity index (χ0n) is 19.1. The summed E-state index contributed by atoms with van der Waals surface area (Å²) in [4.78, 5) is 15.1. The minimum Gasteiger partial charge on any atom is -0.374 e. The van der Waals surface area contributed by atoms with Crippen LogP contribution in [-0.4, -0.2) is 69.0 Å². The molecule has 0 bridgehead atoms. The first-order chi connectivity index (χ1) is 16.5. The monoisotopic (exact) mass is 482 g/mol. The van der Waals surface area contributed by atoms with Crippen LogP contribution in [0.25, 0.3) is 0 Å². The van der Waals surface area contributed by atoms with E-state index in [1.54, 1.807) is 12.1 Å². The molecule has 2 aromatic rings. The second-order valence-electron chi connectivity index (χ2n) is 8.74. The lowest BCUT2D eigenvalue weighted by atomic mass is 9.97. The van der Waals surface area contributed by atoms with Crippen molar-refractivity contribution in [3.8, 4) is 6.07 Å². The smallest absolute Gasteiger partial charge is 0.244 e. The Labute approximate surface area is 201 Å². The molecule has 34 heavy (non-hydrogen) atoms. The van der Waals surface area contributed by atoms with E-state index < -0.39 is 10.0 Å². The van der Waals surface area contributed by atoms with E-state index in [-0.39, 0.29) is 41.5 Å². The van der Waals surface area contributed by atoms with Gasteiger partial charge in [0.15, 0.2) is 0 Å². The highest BCUT2D eigenvalue weighted by Crippen LogP contribution is 2.25. The van der Waals surface area contributed by atoms with Gasteiger partial charge in [0.1, 0.15) is 6.07 Å². The van der Waals surface area contributed by atoms with Gasteiger partial charge in [-0.05, 0) is 30.5 Å². The SMILES string of the molecule is N#Cc1ccccc1S(=O)(=O)N1CCC(C(=O)NC[C@H]2CN(Cc3ccccc3)CCO2)CC1. The number of nitrogens with zero attached hydrogens (tertiary/aromatic N) is 3. The molecule has 0 aromatic heterocycles. The maximum atomic E-state index is 13.0. The van der Waals surface area contributed by atoms with E-state index in [0.29, 0.717) is 26.0 Å². The molecular formula is C25H30N4O4S. The first kappa shape index (κ1) is 24.4. The molecule has 2 aromatic carbocycles. The van der Waals surface area contributed by atoms with Crippen LogP contribution in [0.2, 0.25) is 0 Å². The van der Waals surface area contributed by atoms with Gasteiger partial charge in [0.25, 0.3) is 0 Å². The third-order valence-electron chi connectivity index (χ3n) is 6.43. The summed E-state index contributed by atoms with van der Waals surface area (Å²) >= 11 is 0. The number of benzene rings is 2. The molecule has 180 valence electrons. The quantitative estimate of drug-likeness (QED) is 0.647. The molecule has 0 saturated carbocycles. The van der Waals surface area contributed by atoms with Crippen molar-refractivity contribution in [2.24, 2.45) is 5.92 Å². The molecule has 4 rings (SSSR count). The van der Waals surface area contributed by atoms with Crippen molar-refractivity contribution in [2.75, 3.05) is 39.3 Å². The second-order valence-corrected chi connectivity index (χ2v) is 10.7. The van der Waals surface area contributed by atoms with Crippen molar-refractivity contribution in [1.29, 1.82) is 5.26 Å². The number of morpholine rings is 1. The molecule has 2 aliphatic heterocycles. The fraction of sp³-hybridized carbons (Fsp3) is 0.440. The van der Waals surface area contributed by atoms with Crippen LogP contribution < -0.4 is 5.32 Å². The highest BCUT2D eigenvalue weighted by molar-refractivity contribution is 7.89. The van der Waals surface area contributed by atoms with Crippen LogP contribution in [0.5, 0.6) is 0 Å². The normalized spacial score (nSPS) is 20.5. The summed E-state index contributed by atoms with van der Waals surface area (Å²) in [5, 5.41) is 12.3. The van der Waals surface area contributed by atoms with E-state index in [0.717, 1.165) is 19.6 Å². The predicted octanol–water partition coefficient (Wildman–Crippen LogP) is 1.98. The number of piperidine rings is 1. The van der Waals surface area contributed by atoms with Crippen LogP contribution in [0.15, 0.2) is 59.5 Å². The lowest BCUT2D eigenvalue weighted by Gasteiger charge is -2.34. The summed E-state index contributed by atoms with van der Waals surface area (Å²) < 4.78 is 33.2. The lowest BCUT2D eigenvalue weighted by molar-refractivity contribution is -0.127. The Bertz CT molecular complexity index is 1130. The molecule has 0 unspecified atom stereocenters. The van der Waals surface area contributed by atoms with Crippen molar-refractivity contribution in [2.45, 2.75) is 30.4 Å². The van der Waals surface area contributed by atoms with E-state index in [2.05, 4.69) is 22.3 Å². The van der Waals surface area contributed by atoms with E-state index in [1.807, 2.05) is 24.3 Å². The first-order valence-corrected chi connectivity index (χ1v) is 13.1. The van der Waals surface area contributed by atoms with Gasteiger partial charge in [0, 0.05) is 45.2 Å². The van der Waals surface area contributed by atoms with Gasteiger partial charge in [-0.3, -0.25) is 9.69 Å². The molecule has 8 nitrogen and oxygen atoms in total. The molecule has 9 heteroatoms. The summed E-state index contributed by atoms with van der Waals surface area (Å²) in [6.07, 6.45) is 0.834. The average molecular weight is 483 g/mol. The largest absolute Gasteiger partial charge is 0.374 e. The summed E-state index contributed by atoms with van der Waals surface area (Å²) in [7, 11) is -3.76. The van der Waals surface area contributed by atoms with Gasteiger partial charge in [-0.1, -0.05) is 42.5 Å². The van der Waals surface area contributed by atoms with Gasteiger partial charge in [-0.2, -0.15) is 9.57 Å². The van der Waals surface area contributed by atoms with E-state index in [1.165, 1.54) is 22.0 Å². The molecule has 0 spiro atoms. The standard InChI is InChI=1S/C25H30N4O4S/c26-16-22-8-4-5-9-24(22)34(31,32)29-12-10-21(11-13-29)25(30)27-17-23-19-28(14-15-33-23)18-20-6-2-1-3-7-20/h1-9,21,23H,10-15,17-19H2,(H,27,30)/t23-/m0/s1. The van der Waals surface area contributed by atoms with Crippen LogP contribution in [-0.2, 0) is 26.1 Å². The summed E-state index contributed by atoms with van der Waals surface area (Å²) in [5.74, 6) is -0.292. The number of amides is 1. The van der Waals surface area contributed by atoms with Crippen molar-refractivity contribution < 1.29 is 17.9 Å². The fourth-order valence-electron chi connectivity index (χ4n) is 4.53. The summed E-state index contributed by atoms with van der Waals surface area (Å²) in [6.45, 7) is 4.06. The number of rotatable bonds is 7. The van der Waals surface area contributed by atoms with Gasteiger partial charge in [-0.15, -0.1) is 0 Å². The highest BCUT2D eigenvalue weighted by atomic mass is 32.2. The van der Waals surface area contributed by atoms with Crippen LogP contribution in [0, 0.1) is 17.2 Å². The van der Waals surface area contributed by atoms with Crippen LogP contribution >= 0.6 is 0 Å². The van der Waals surface area contributed by atoms with Crippen molar-refractivity contribution in [1.82, 2.24) is 14.5 Å². The molecule has 1 N–H and O–H groups in total. The third-order valence-corrected chi connectivity index (χ3v) is 8.38. The average Bonchev–Trinajstić information content (AvgIpc) is 2.88. The number of carbonyl (C=O) groups excluding carboxylic acids is 1. The number of sulfonamides is 1. The lowest BCUT2D eigenvalue weighted by Crippen LogP contribution is -2.49. The second kappa shape index (κ2) is 11.1. The molecule has 2 aliphatic rings. The molecule has 0 aliphatic carbocycles. The van der Waals surface area contributed by atoms with Gasteiger partial charge >= 0.3 is 0 Å². The van der Waals surface area contributed by atoms with Gasteiger partial charge in [-0.25, -0.2) is 8.42 Å². The number of nitrogens with one attached hydrogen (secondary N) is 1. The Balaban J connectivity index is 1.25. The van der Waals surface area contributed by atoms with Crippen LogP contribution in [0.1, 0.15) is 24.0 Å². The highest BCUT2D eigenvalue weighted by Gasteiger charge is 2.33. The van der Waals surface area contributed by atoms with Crippen molar-refractivity contribution in [3.05, 3.63) is 65.7 Å². The third kappa shape index (κ3) is 5.83. The Morgan fingerprint density at radius 3 is 2.50 bits per heavy atom. The molecule has 2 fully saturated rings. The molecule has 2 heterocycles. The van der Waals surface area contributed by atoms with Crippen molar-refractivity contribution >= 4 is 15.9 Å². The molecular weight excluding hydrogens is 452 g/mol. The van der Waals surface area contributed by atoms with E-state index in [9.17, 15) is 18.5 Å². The Hall–Kier alpha value is -2.77. The maximum absolute atomic E-state index is 13.0.